The van der Waals surface area contributed by atoms with Crippen LogP contribution in [0.1, 0.15) is 26.6 Å². The maximum atomic E-state index is 11.4. The Hall–Kier alpha value is -1.36. The highest BCUT2D eigenvalue weighted by Crippen LogP contribution is 2.11. The molecule has 94 valence electrons. The summed E-state index contributed by atoms with van der Waals surface area (Å²) in [7, 11) is 0. The van der Waals surface area contributed by atoms with Gasteiger partial charge in [0.05, 0.1) is 6.54 Å². The lowest BCUT2D eigenvalue weighted by molar-refractivity contribution is -0.119. The van der Waals surface area contributed by atoms with E-state index in [9.17, 15) is 4.79 Å². The number of aromatic nitrogens is 2. The van der Waals surface area contributed by atoms with E-state index in [4.69, 9.17) is 11.6 Å². The number of hydrogen-bond acceptors (Lipinski definition) is 4. The van der Waals surface area contributed by atoms with E-state index >= 15 is 0 Å². The summed E-state index contributed by atoms with van der Waals surface area (Å²) in [6.07, 6.45) is 0.702. The van der Waals surface area contributed by atoms with Gasteiger partial charge in [0.2, 0.25) is 5.91 Å². The van der Waals surface area contributed by atoms with Gasteiger partial charge < -0.3 is 10.6 Å². The first-order valence-corrected chi connectivity index (χ1v) is 5.95. The monoisotopic (exact) mass is 256 g/mol. The van der Waals surface area contributed by atoms with Crippen molar-refractivity contribution in [3.8, 4) is 0 Å². The Morgan fingerprint density at radius 3 is 2.76 bits per heavy atom. The maximum Gasteiger partial charge on any atom is 0.239 e. The molecule has 0 spiro atoms. The van der Waals surface area contributed by atoms with Gasteiger partial charge in [0.25, 0.3) is 0 Å². The Morgan fingerprint density at radius 2 is 2.18 bits per heavy atom. The quantitative estimate of drug-likeness (QED) is 0.786. The summed E-state index contributed by atoms with van der Waals surface area (Å²) in [6, 6.07) is 1.73. The van der Waals surface area contributed by atoms with Crippen LogP contribution in [-0.2, 0) is 11.2 Å². The molecule has 0 aliphatic rings. The number of hydrogen-bond donors (Lipinski definition) is 2. The molecule has 0 bridgehead atoms. The molecule has 6 heteroatoms. The lowest BCUT2D eigenvalue weighted by Crippen LogP contribution is -2.35. The number of nitrogens with zero attached hydrogens (tertiary/aromatic N) is 2. The molecule has 0 saturated heterocycles. The van der Waals surface area contributed by atoms with Crippen molar-refractivity contribution in [3.05, 3.63) is 17.0 Å². The first kappa shape index (κ1) is 13.7. The van der Waals surface area contributed by atoms with E-state index in [1.807, 2.05) is 20.8 Å². The van der Waals surface area contributed by atoms with Gasteiger partial charge in [0.1, 0.15) is 16.8 Å². The van der Waals surface area contributed by atoms with Crippen LogP contribution in [0.4, 0.5) is 5.82 Å². The molecule has 17 heavy (non-hydrogen) atoms. The zero-order chi connectivity index (χ0) is 12.8. The van der Waals surface area contributed by atoms with Crippen molar-refractivity contribution in [1.82, 2.24) is 15.3 Å². The third kappa shape index (κ3) is 4.99. The van der Waals surface area contributed by atoms with E-state index in [0.29, 0.717) is 23.2 Å². The number of carbonyl (C=O) groups excluding carboxylic acids is 1. The SMILES string of the molecule is CCc1nc(Cl)cc(NCC(=O)NC(C)C)n1. The van der Waals surface area contributed by atoms with Gasteiger partial charge in [-0.1, -0.05) is 18.5 Å². The molecule has 1 heterocycles. The Bertz CT molecular complexity index is 395. The molecule has 1 aromatic heterocycles. The van der Waals surface area contributed by atoms with E-state index < -0.39 is 0 Å². The van der Waals surface area contributed by atoms with Crippen LogP contribution >= 0.6 is 11.6 Å². The van der Waals surface area contributed by atoms with Crippen LogP contribution in [-0.4, -0.2) is 28.5 Å². The molecule has 0 radical (unpaired) electrons. The van der Waals surface area contributed by atoms with Gasteiger partial charge in [0, 0.05) is 18.5 Å². The second-order valence-corrected chi connectivity index (χ2v) is 4.31. The predicted octanol–water partition coefficient (Wildman–Crippen LogP) is 1.63. The summed E-state index contributed by atoms with van der Waals surface area (Å²) in [5, 5.41) is 6.07. The van der Waals surface area contributed by atoms with E-state index in [0.717, 1.165) is 0 Å². The summed E-state index contributed by atoms with van der Waals surface area (Å²) in [5.74, 6) is 1.15. The highest BCUT2D eigenvalue weighted by molar-refractivity contribution is 6.29. The van der Waals surface area contributed by atoms with E-state index in [1.54, 1.807) is 6.07 Å². The summed E-state index contributed by atoms with van der Waals surface area (Å²) < 4.78 is 0. The normalized spacial score (nSPS) is 10.4. The first-order valence-electron chi connectivity index (χ1n) is 5.58. The average molecular weight is 257 g/mol. The Balaban J connectivity index is 2.57. The second-order valence-electron chi connectivity index (χ2n) is 3.92. The van der Waals surface area contributed by atoms with Gasteiger partial charge >= 0.3 is 0 Å². The number of rotatable bonds is 5. The van der Waals surface area contributed by atoms with Crippen LogP contribution in [0.2, 0.25) is 5.15 Å². The van der Waals surface area contributed by atoms with Gasteiger partial charge in [0.15, 0.2) is 0 Å². The van der Waals surface area contributed by atoms with Crippen LogP contribution in [0.15, 0.2) is 6.07 Å². The Morgan fingerprint density at radius 1 is 1.47 bits per heavy atom. The molecule has 0 saturated carbocycles. The smallest absolute Gasteiger partial charge is 0.239 e. The van der Waals surface area contributed by atoms with E-state index in [2.05, 4.69) is 20.6 Å². The maximum absolute atomic E-state index is 11.4. The number of halogens is 1. The Kier molecular flexibility index (Phi) is 5.15. The van der Waals surface area contributed by atoms with E-state index in [-0.39, 0.29) is 18.5 Å². The molecular formula is C11H17ClN4O. The van der Waals surface area contributed by atoms with Crippen LogP contribution < -0.4 is 10.6 Å². The number of nitrogens with one attached hydrogen (secondary N) is 2. The molecule has 5 nitrogen and oxygen atoms in total. The molecular weight excluding hydrogens is 240 g/mol. The summed E-state index contributed by atoms with van der Waals surface area (Å²) in [6.45, 7) is 5.94. The number of carbonyl (C=O) groups is 1. The van der Waals surface area contributed by atoms with Gasteiger partial charge in [-0.3, -0.25) is 4.79 Å². The highest BCUT2D eigenvalue weighted by Gasteiger charge is 2.05. The van der Waals surface area contributed by atoms with Crippen molar-refractivity contribution in [3.63, 3.8) is 0 Å². The average Bonchev–Trinajstić information content (AvgIpc) is 2.24. The molecule has 0 atom stereocenters. The Labute approximate surface area is 106 Å². The largest absolute Gasteiger partial charge is 0.361 e. The van der Waals surface area contributed by atoms with Gasteiger partial charge in [-0.15, -0.1) is 0 Å². The molecule has 0 unspecified atom stereocenters. The van der Waals surface area contributed by atoms with Crippen molar-refractivity contribution < 1.29 is 4.79 Å². The molecule has 0 aromatic carbocycles. The van der Waals surface area contributed by atoms with Crippen LogP contribution in [0.3, 0.4) is 0 Å². The molecule has 0 aliphatic carbocycles. The number of anilines is 1. The van der Waals surface area contributed by atoms with Crippen molar-refractivity contribution >= 4 is 23.3 Å². The molecule has 2 N–H and O–H groups in total. The minimum Gasteiger partial charge on any atom is -0.361 e. The molecule has 0 fully saturated rings. The number of aryl methyl sites for hydroxylation is 1. The van der Waals surface area contributed by atoms with Crippen molar-refractivity contribution in [2.45, 2.75) is 33.2 Å². The predicted molar refractivity (Wildman–Crippen MR) is 68.2 cm³/mol. The summed E-state index contributed by atoms with van der Waals surface area (Å²) in [5.41, 5.74) is 0. The van der Waals surface area contributed by atoms with Crippen molar-refractivity contribution in [2.24, 2.45) is 0 Å². The molecule has 0 aliphatic heterocycles. The minimum atomic E-state index is -0.0761. The van der Waals surface area contributed by atoms with E-state index in [1.165, 1.54) is 0 Å². The van der Waals surface area contributed by atoms with Crippen LogP contribution in [0, 0.1) is 0 Å². The summed E-state index contributed by atoms with van der Waals surface area (Å²) >= 11 is 5.84. The molecule has 1 amide bonds. The lowest BCUT2D eigenvalue weighted by atomic mass is 10.4. The van der Waals surface area contributed by atoms with Crippen molar-refractivity contribution in [2.75, 3.05) is 11.9 Å². The summed E-state index contributed by atoms with van der Waals surface area (Å²) in [4.78, 5) is 19.7. The van der Waals surface area contributed by atoms with Gasteiger partial charge in [-0.2, -0.15) is 0 Å². The highest BCUT2D eigenvalue weighted by atomic mass is 35.5. The van der Waals surface area contributed by atoms with Crippen molar-refractivity contribution in [1.29, 1.82) is 0 Å². The zero-order valence-corrected chi connectivity index (χ0v) is 11.0. The molecule has 1 aromatic rings. The molecule has 1 rings (SSSR count). The van der Waals surface area contributed by atoms with Crippen LogP contribution in [0.25, 0.3) is 0 Å². The third-order valence-corrected chi connectivity index (χ3v) is 2.13. The fourth-order valence-electron chi connectivity index (χ4n) is 1.26. The van der Waals surface area contributed by atoms with Gasteiger partial charge in [-0.05, 0) is 13.8 Å². The topological polar surface area (TPSA) is 66.9 Å². The standard InChI is InChI=1S/C11H17ClN4O/c1-4-9-15-8(12)5-10(16-9)13-6-11(17)14-7(2)3/h5,7H,4,6H2,1-3H3,(H,14,17)(H,13,15,16). The fraction of sp³-hybridized carbons (Fsp3) is 0.545. The van der Waals surface area contributed by atoms with Gasteiger partial charge in [-0.25, -0.2) is 9.97 Å². The van der Waals surface area contributed by atoms with Crippen LogP contribution in [0.5, 0.6) is 0 Å². The third-order valence-electron chi connectivity index (χ3n) is 1.94. The first-order chi connectivity index (χ1) is 8.01. The minimum absolute atomic E-state index is 0.0761. The lowest BCUT2D eigenvalue weighted by Gasteiger charge is -2.10. The second kappa shape index (κ2) is 6.39. The fourth-order valence-corrected chi connectivity index (χ4v) is 1.46. The zero-order valence-electron chi connectivity index (χ0n) is 10.2. The number of amides is 1.